The molecule has 1 aromatic carbocycles. The highest BCUT2D eigenvalue weighted by Gasteiger charge is 2.39. The number of nitrogens with zero attached hydrogens (tertiary/aromatic N) is 3. The number of nitrogens with two attached hydrogens (primary N) is 1. The molecule has 31 heavy (non-hydrogen) atoms. The summed E-state index contributed by atoms with van der Waals surface area (Å²) >= 11 is 0. The molecular weight excluding hydrogens is 398 g/mol. The molecule has 2 aliphatic heterocycles. The molecular formula is C22H33N5O4. The second-order valence-electron chi connectivity index (χ2n) is 8.01. The lowest BCUT2D eigenvalue weighted by molar-refractivity contribution is -0.153. The van der Waals surface area contributed by atoms with Crippen LogP contribution in [0.1, 0.15) is 18.9 Å². The lowest BCUT2D eigenvalue weighted by atomic mass is 9.90. The number of benzene rings is 1. The predicted octanol–water partition coefficient (Wildman–Crippen LogP) is 0.519. The van der Waals surface area contributed by atoms with E-state index < -0.39 is 0 Å². The Kier molecular flexibility index (Phi) is 7.86. The minimum Gasteiger partial charge on any atom is -0.469 e. The number of amidine groups is 1. The molecule has 0 amide bonds. The van der Waals surface area contributed by atoms with Gasteiger partial charge in [0.15, 0.2) is 0 Å². The average molecular weight is 432 g/mol. The van der Waals surface area contributed by atoms with Crippen LogP contribution < -0.4 is 10.6 Å². The van der Waals surface area contributed by atoms with Gasteiger partial charge in [0.25, 0.3) is 0 Å². The van der Waals surface area contributed by atoms with Crippen molar-refractivity contribution < 1.29 is 19.1 Å². The van der Waals surface area contributed by atoms with E-state index in [0.717, 1.165) is 50.4 Å². The first-order valence-electron chi connectivity index (χ1n) is 10.8. The molecule has 3 N–H and O–H groups in total. The fraction of sp³-hybridized carbons (Fsp3) is 0.591. The molecule has 3 rings (SSSR count). The van der Waals surface area contributed by atoms with Crippen molar-refractivity contribution in [3.63, 3.8) is 0 Å². The number of anilines is 1. The molecule has 9 nitrogen and oxygen atoms in total. The number of piperidine rings is 1. The van der Waals surface area contributed by atoms with Crippen LogP contribution in [0.15, 0.2) is 24.3 Å². The number of hydrogen-bond acceptors (Lipinski definition) is 8. The van der Waals surface area contributed by atoms with Crippen molar-refractivity contribution in [2.24, 2.45) is 11.7 Å². The van der Waals surface area contributed by atoms with Crippen LogP contribution in [0.25, 0.3) is 0 Å². The molecule has 2 heterocycles. The summed E-state index contributed by atoms with van der Waals surface area (Å²) in [6.45, 7) is 7.03. The molecule has 0 spiro atoms. The fourth-order valence-electron chi connectivity index (χ4n) is 4.52. The van der Waals surface area contributed by atoms with Gasteiger partial charge in [0.1, 0.15) is 5.84 Å². The lowest BCUT2D eigenvalue weighted by Gasteiger charge is -2.46. The summed E-state index contributed by atoms with van der Waals surface area (Å²) in [5.41, 5.74) is 7.37. The molecule has 2 saturated heterocycles. The van der Waals surface area contributed by atoms with Gasteiger partial charge in [-0.15, -0.1) is 0 Å². The Morgan fingerprint density at radius 2 is 1.81 bits per heavy atom. The van der Waals surface area contributed by atoms with E-state index in [2.05, 4.69) is 9.80 Å². The third kappa shape index (κ3) is 5.74. The minimum absolute atomic E-state index is 0.0690. The van der Waals surface area contributed by atoms with Gasteiger partial charge < -0.3 is 20.1 Å². The molecule has 0 bridgehead atoms. The van der Waals surface area contributed by atoms with E-state index in [1.165, 1.54) is 7.11 Å². The summed E-state index contributed by atoms with van der Waals surface area (Å²) in [4.78, 5) is 31.1. The van der Waals surface area contributed by atoms with Gasteiger partial charge in [-0.3, -0.25) is 24.8 Å². The summed E-state index contributed by atoms with van der Waals surface area (Å²) in [7, 11) is 1.42. The number of piperazine rings is 1. The number of hydrogen-bond donors (Lipinski definition) is 2. The van der Waals surface area contributed by atoms with Gasteiger partial charge in [-0.25, -0.2) is 0 Å². The van der Waals surface area contributed by atoms with Gasteiger partial charge in [-0.1, -0.05) is 0 Å². The number of carbonyl (C=O) groups excluding carboxylic acids is 2. The van der Waals surface area contributed by atoms with E-state index in [9.17, 15) is 9.59 Å². The van der Waals surface area contributed by atoms with Crippen molar-refractivity contribution in [2.75, 3.05) is 64.4 Å². The van der Waals surface area contributed by atoms with E-state index in [4.69, 9.17) is 20.6 Å². The first kappa shape index (κ1) is 23.0. The summed E-state index contributed by atoms with van der Waals surface area (Å²) < 4.78 is 10.1. The summed E-state index contributed by atoms with van der Waals surface area (Å²) in [6, 6.07) is 7.84. The van der Waals surface area contributed by atoms with Gasteiger partial charge in [0.2, 0.25) is 0 Å². The third-order valence-electron chi connectivity index (χ3n) is 6.15. The predicted molar refractivity (Wildman–Crippen MR) is 118 cm³/mol. The smallest absolute Gasteiger partial charge is 0.320 e. The van der Waals surface area contributed by atoms with Crippen LogP contribution in [0.4, 0.5) is 5.69 Å². The minimum atomic E-state index is -0.283. The SMILES string of the molecule is CCOC(=O)CN1CCC(N2CCN(c3ccc(C(=N)N)cc3)CC2)C(C(=O)OC)C1. The number of ether oxygens (including phenoxy) is 2. The van der Waals surface area contributed by atoms with Crippen LogP contribution in [-0.2, 0) is 19.1 Å². The Hall–Kier alpha value is -2.65. The summed E-state index contributed by atoms with van der Waals surface area (Å²) in [5.74, 6) is -0.691. The van der Waals surface area contributed by atoms with Crippen molar-refractivity contribution in [1.82, 2.24) is 9.80 Å². The zero-order chi connectivity index (χ0) is 22.4. The maximum atomic E-state index is 12.5. The standard InChI is InChI=1S/C22H33N5O4/c1-3-31-20(28)15-25-9-8-19(18(14-25)22(29)30-2)27-12-10-26(11-13-27)17-6-4-16(5-7-17)21(23)24/h4-7,18-19H,3,8-15H2,1-2H3,(H3,23,24). The van der Waals surface area contributed by atoms with E-state index in [-0.39, 0.29) is 36.3 Å². The number of methoxy groups -OCH3 is 1. The average Bonchev–Trinajstić information content (AvgIpc) is 2.79. The maximum absolute atomic E-state index is 12.5. The van der Waals surface area contributed by atoms with Gasteiger partial charge in [-0.05, 0) is 37.6 Å². The number of rotatable bonds is 7. The van der Waals surface area contributed by atoms with Crippen LogP contribution in [0.2, 0.25) is 0 Å². The second kappa shape index (κ2) is 10.6. The molecule has 0 aliphatic carbocycles. The highest BCUT2D eigenvalue weighted by atomic mass is 16.5. The van der Waals surface area contributed by atoms with Gasteiger partial charge in [0.05, 0.1) is 26.2 Å². The fourth-order valence-corrected chi connectivity index (χ4v) is 4.52. The summed E-state index contributed by atoms with van der Waals surface area (Å²) in [6.07, 6.45) is 0.812. The molecule has 2 unspecified atom stereocenters. The van der Waals surface area contributed by atoms with E-state index in [1.807, 2.05) is 29.2 Å². The normalized spacial score (nSPS) is 22.7. The largest absolute Gasteiger partial charge is 0.469 e. The van der Waals surface area contributed by atoms with Crippen LogP contribution >= 0.6 is 0 Å². The topological polar surface area (TPSA) is 112 Å². The number of carbonyl (C=O) groups is 2. The van der Waals surface area contributed by atoms with Gasteiger partial charge in [0, 0.05) is 56.6 Å². The van der Waals surface area contributed by atoms with E-state index in [0.29, 0.717) is 13.2 Å². The highest BCUT2D eigenvalue weighted by Crippen LogP contribution is 2.26. The Balaban J connectivity index is 1.59. The Bertz CT molecular complexity index is 777. The number of nitrogen functional groups attached to an aromatic ring is 1. The molecule has 2 aliphatic rings. The zero-order valence-electron chi connectivity index (χ0n) is 18.4. The molecule has 170 valence electrons. The Morgan fingerprint density at radius 1 is 1.13 bits per heavy atom. The number of esters is 2. The molecule has 0 aromatic heterocycles. The van der Waals surface area contributed by atoms with Crippen molar-refractivity contribution in [2.45, 2.75) is 19.4 Å². The number of likely N-dealkylation sites (tertiary alicyclic amines) is 1. The third-order valence-corrected chi connectivity index (χ3v) is 6.15. The quantitative estimate of drug-likeness (QED) is 0.365. The van der Waals surface area contributed by atoms with Crippen LogP contribution in [0, 0.1) is 11.3 Å². The van der Waals surface area contributed by atoms with Gasteiger partial charge in [-0.2, -0.15) is 0 Å². The first-order valence-corrected chi connectivity index (χ1v) is 10.8. The van der Waals surface area contributed by atoms with E-state index in [1.54, 1.807) is 6.92 Å². The molecule has 0 saturated carbocycles. The van der Waals surface area contributed by atoms with Gasteiger partial charge >= 0.3 is 11.9 Å². The lowest BCUT2D eigenvalue weighted by Crippen LogP contribution is -2.59. The second-order valence-corrected chi connectivity index (χ2v) is 8.01. The molecule has 0 radical (unpaired) electrons. The van der Waals surface area contributed by atoms with Crippen LogP contribution in [0.5, 0.6) is 0 Å². The molecule has 2 fully saturated rings. The zero-order valence-corrected chi connectivity index (χ0v) is 18.4. The van der Waals surface area contributed by atoms with Crippen molar-refractivity contribution in [3.05, 3.63) is 29.8 Å². The first-order chi connectivity index (χ1) is 14.9. The Morgan fingerprint density at radius 3 is 2.39 bits per heavy atom. The van der Waals surface area contributed by atoms with Crippen molar-refractivity contribution in [3.8, 4) is 0 Å². The monoisotopic (exact) mass is 431 g/mol. The number of nitrogens with one attached hydrogen (secondary N) is 1. The highest BCUT2D eigenvalue weighted by molar-refractivity contribution is 5.95. The van der Waals surface area contributed by atoms with E-state index >= 15 is 0 Å². The molecule has 1 aromatic rings. The summed E-state index contributed by atoms with van der Waals surface area (Å²) in [5, 5.41) is 7.52. The van der Waals surface area contributed by atoms with Crippen LogP contribution in [-0.4, -0.2) is 93.1 Å². The van der Waals surface area contributed by atoms with Crippen molar-refractivity contribution >= 4 is 23.5 Å². The molecule has 2 atom stereocenters. The van der Waals surface area contributed by atoms with Crippen molar-refractivity contribution in [1.29, 1.82) is 5.41 Å². The molecule has 9 heteroatoms. The maximum Gasteiger partial charge on any atom is 0.320 e. The Labute approximate surface area is 183 Å². The van der Waals surface area contributed by atoms with Crippen LogP contribution in [0.3, 0.4) is 0 Å².